The van der Waals surface area contributed by atoms with Gasteiger partial charge in [-0.15, -0.1) is 18.2 Å². The summed E-state index contributed by atoms with van der Waals surface area (Å²) in [5, 5.41) is 2.34. The number of hydrogen-bond donors (Lipinski definition) is 0. The van der Waals surface area contributed by atoms with Crippen LogP contribution in [0.1, 0.15) is 6.42 Å². The summed E-state index contributed by atoms with van der Waals surface area (Å²) in [7, 11) is 0. The number of nitrogens with zero attached hydrogens (tertiary/aromatic N) is 2. The van der Waals surface area contributed by atoms with Crippen molar-refractivity contribution >= 4 is 12.1 Å². The van der Waals surface area contributed by atoms with Gasteiger partial charge in [0.2, 0.25) is 0 Å². The fourth-order valence-electron chi connectivity index (χ4n) is 0.558. The van der Waals surface area contributed by atoms with Crippen molar-refractivity contribution in [1.29, 1.82) is 0 Å². The molecule has 1 heterocycles. The van der Waals surface area contributed by atoms with Gasteiger partial charge < -0.3 is 0 Å². The summed E-state index contributed by atoms with van der Waals surface area (Å²) in [4.78, 5) is 10.3. The second-order valence-electron chi connectivity index (χ2n) is 1.68. The third kappa shape index (κ3) is 1.09. The van der Waals surface area contributed by atoms with Gasteiger partial charge in [0.15, 0.2) is 0 Å². The second kappa shape index (κ2) is 1.96. The average Bonchev–Trinajstić information content (AvgIpc) is 2.11. The first-order valence-corrected chi connectivity index (χ1v) is 2.44. The molecule has 1 aliphatic rings. The maximum Gasteiger partial charge on any atom is 0.507 e. The summed E-state index contributed by atoms with van der Waals surface area (Å²) in [6, 6.07) is 0. The van der Waals surface area contributed by atoms with E-state index >= 15 is 0 Å². The zero-order chi connectivity index (χ0) is 7.78. The van der Waals surface area contributed by atoms with Crippen molar-refractivity contribution in [2.75, 3.05) is 0 Å². The van der Waals surface area contributed by atoms with Crippen molar-refractivity contribution in [3.8, 4) is 0 Å². The highest BCUT2D eigenvalue weighted by molar-refractivity contribution is 5.93. The molecule has 0 saturated heterocycles. The van der Waals surface area contributed by atoms with Crippen LogP contribution in [0.15, 0.2) is 5.10 Å². The smallest absolute Gasteiger partial charge is 0.272 e. The summed E-state index contributed by atoms with van der Waals surface area (Å²) in [6.45, 7) is 0. The van der Waals surface area contributed by atoms with Gasteiger partial charge in [-0.05, 0) is 0 Å². The van der Waals surface area contributed by atoms with Crippen molar-refractivity contribution in [1.82, 2.24) is 5.01 Å². The lowest BCUT2D eigenvalue weighted by molar-refractivity contribution is -0.238. The van der Waals surface area contributed by atoms with E-state index in [4.69, 9.17) is 0 Å². The Hall–Kier alpha value is -1.07. The summed E-state index contributed by atoms with van der Waals surface area (Å²) in [6.07, 6.45) is -4.00. The average molecular weight is 152 g/mol. The van der Waals surface area contributed by atoms with Gasteiger partial charge in [-0.25, -0.2) is 0 Å². The minimum Gasteiger partial charge on any atom is -0.272 e. The highest BCUT2D eigenvalue weighted by atomic mass is 19.4. The fourth-order valence-corrected chi connectivity index (χ4v) is 0.558. The molecular formula is C4H3F3N2O. The maximum atomic E-state index is 11.6. The van der Waals surface area contributed by atoms with E-state index < -0.39 is 17.2 Å². The van der Waals surface area contributed by atoms with Gasteiger partial charge in [0.05, 0.1) is 6.42 Å². The van der Waals surface area contributed by atoms with Crippen LogP contribution in [0.4, 0.5) is 13.2 Å². The molecule has 0 unspecified atom stereocenters. The summed E-state index contributed by atoms with van der Waals surface area (Å²) in [5.41, 5.74) is 0. The molecule has 0 radical (unpaired) electrons. The summed E-state index contributed by atoms with van der Waals surface area (Å²) >= 11 is 0. The van der Waals surface area contributed by atoms with E-state index in [0.717, 1.165) is 6.21 Å². The molecule has 0 saturated carbocycles. The predicted molar refractivity (Wildman–Crippen MR) is 26.0 cm³/mol. The molecule has 56 valence electrons. The van der Waals surface area contributed by atoms with E-state index in [1.807, 2.05) is 0 Å². The van der Waals surface area contributed by atoms with Crippen LogP contribution in [0.3, 0.4) is 0 Å². The van der Waals surface area contributed by atoms with Crippen molar-refractivity contribution in [2.24, 2.45) is 5.10 Å². The molecule has 0 aromatic carbocycles. The van der Waals surface area contributed by atoms with Crippen molar-refractivity contribution < 1.29 is 18.0 Å². The summed E-state index contributed by atoms with van der Waals surface area (Å²) in [5.74, 6) is -1.03. The number of carbonyl (C=O) groups excluding carboxylic acids is 1. The van der Waals surface area contributed by atoms with E-state index in [9.17, 15) is 18.0 Å². The first-order valence-electron chi connectivity index (χ1n) is 2.44. The Balaban J connectivity index is 2.73. The molecule has 0 spiro atoms. The molecule has 0 aromatic heterocycles. The molecule has 0 aromatic rings. The van der Waals surface area contributed by atoms with Crippen LogP contribution < -0.4 is 0 Å². The van der Waals surface area contributed by atoms with Gasteiger partial charge >= 0.3 is 6.30 Å². The fraction of sp³-hybridized carbons (Fsp3) is 0.500. The number of alkyl halides is 3. The number of rotatable bonds is 0. The lowest BCUT2D eigenvalue weighted by atomic mass is 10.5. The van der Waals surface area contributed by atoms with Gasteiger partial charge in [0, 0.05) is 6.21 Å². The van der Waals surface area contributed by atoms with Crippen molar-refractivity contribution in [3.05, 3.63) is 0 Å². The highest BCUT2D eigenvalue weighted by Crippen LogP contribution is 2.24. The van der Waals surface area contributed by atoms with Crippen LogP contribution in [-0.2, 0) is 4.79 Å². The van der Waals surface area contributed by atoms with Crippen LogP contribution in [0.25, 0.3) is 0 Å². The Morgan fingerprint density at radius 1 is 1.60 bits per heavy atom. The summed E-state index contributed by atoms with van der Waals surface area (Å²) < 4.78 is 34.8. The van der Waals surface area contributed by atoms with E-state index in [-0.39, 0.29) is 6.42 Å². The lowest BCUT2D eigenvalue weighted by Crippen LogP contribution is -2.35. The van der Waals surface area contributed by atoms with E-state index in [1.165, 1.54) is 0 Å². The molecule has 1 aliphatic heterocycles. The minimum absolute atomic E-state index is 0.264. The van der Waals surface area contributed by atoms with E-state index in [1.54, 1.807) is 0 Å². The van der Waals surface area contributed by atoms with Gasteiger partial charge in [-0.3, -0.25) is 4.79 Å². The number of hydrazone groups is 1. The zero-order valence-corrected chi connectivity index (χ0v) is 4.72. The third-order valence-electron chi connectivity index (χ3n) is 0.939. The first kappa shape index (κ1) is 7.04. The molecule has 1 amide bonds. The molecule has 10 heavy (non-hydrogen) atoms. The number of carbonyl (C=O) groups is 1. The Morgan fingerprint density at radius 2 is 2.20 bits per heavy atom. The Morgan fingerprint density at radius 3 is 2.40 bits per heavy atom. The number of hydrogen-bond acceptors (Lipinski definition) is 2. The van der Waals surface area contributed by atoms with E-state index in [2.05, 4.69) is 5.10 Å². The van der Waals surface area contributed by atoms with Crippen LogP contribution in [0.5, 0.6) is 0 Å². The maximum absolute atomic E-state index is 11.6. The topological polar surface area (TPSA) is 32.7 Å². The Bertz CT molecular complexity index is 185. The normalized spacial score (nSPS) is 18.7. The molecule has 6 heteroatoms. The third-order valence-corrected chi connectivity index (χ3v) is 0.939. The molecule has 0 bridgehead atoms. The second-order valence-corrected chi connectivity index (χ2v) is 1.68. The van der Waals surface area contributed by atoms with Crippen LogP contribution in [0.2, 0.25) is 0 Å². The Kier molecular flexibility index (Phi) is 1.38. The standard InChI is InChI=1S/C4H3F3N2O/c5-4(6,7)9-3(10)1-2-8-9/h2H,1H2. The molecule has 0 atom stereocenters. The van der Waals surface area contributed by atoms with Gasteiger partial charge in [0.25, 0.3) is 5.91 Å². The van der Waals surface area contributed by atoms with E-state index in [0.29, 0.717) is 0 Å². The molecule has 0 fully saturated rings. The molecule has 3 nitrogen and oxygen atoms in total. The monoisotopic (exact) mass is 152 g/mol. The van der Waals surface area contributed by atoms with Crippen molar-refractivity contribution in [3.63, 3.8) is 0 Å². The molecule has 0 aliphatic carbocycles. The zero-order valence-electron chi connectivity index (χ0n) is 4.72. The number of amides is 1. The SMILES string of the molecule is O=C1CC=NN1C(F)(F)F. The Labute approximate surface area is 54.1 Å². The van der Waals surface area contributed by atoms with Crippen LogP contribution >= 0.6 is 0 Å². The number of halogens is 3. The van der Waals surface area contributed by atoms with Gasteiger partial charge in [-0.1, -0.05) is 0 Å². The minimum atomic E-state index is -4.66. The van der Waals surface area contributed by atoms with Crippen LogP contribution in [0, 0.1) is 0 Å². The van der Waals surface area contributed by atoms with Crippen molar-refractivity contribution in [2.45, 2.75) is 12.7 Å². The highest BCUT2D eigenvalue weighted by Gasteiger charge is 2.42. The quantitative estimate of drug-likeness (QED) is 0.471. The molecular weight excluding hydrogens is 149 g/mol. The van der Waals surface area contributed by atoms with Gasteiger partial charge in [-0.2, -0.15) is 5.10 Å². The first-order chi connectivity index (χ1) is 4.52. The van der Waals surface area contributed by atoms with Crippen LogP contribution in [-0.4, -0.2) is 23.4 Å². The lowest BCUT2D eigenvalue weighted by Gasteiger charge is -2.13. The predicted octanol–water partition coefficient (Wildman–Crippen LogP) is 0.724. The largest absolute Gasteiger partial charge is 0.507 e. The van der Waals surface area contributed by atoms with Gasteiger partial charge in [0.1, 0.15) is 0 Å². The molecule has 1 rings (SSSR count). The molecule has 0 N–H and O–H groups in total.